The Labute approximate surface area is 119 Å². The number of hydrogen-bond donors (Lipinski definition) is 0. The molecule has 0 aliphatic heterocycles. The highest BCUT2D eigenvalue weighted by Crippen LogP contribution is 2.10. The van der Waals surface area contributed by atoms with E-state index in [1.54, 1.807) is 39.2 Å². The Morgan fingerprint density at radius 2 is 2.00 bits per heavy atom. The van der Waals surface area contributed by atoms with Crippen LogP contribution in [0.5, 0.6) is 5.75 Å². The molecular weight excluding hydrogens is 256 g/mol. The summed E-state index contributed by atoms with van der Waals surface area (Å²) in [7, 11) is 3.39. The fourth-order valence-corrected chi connectivity index (χ4v) is 1.38. The minimum absolute atomic E-state index is 0.363. The van der Waals surface area contributed by atoms with Crippen molar-refractivity contribution in [3.8, 4) is 5.75 Å². The van der Waals surface area contributed by atoms with Gasteiger partial charge >= 0.3 is 5.97 Å². The lowest BCUT2D eigenvalue weighted by Gasteiger charge is -2.12. The van der Waals surface area contributed by atoms with Gasteiger partial charge in [-0.3, -0.25) is 5.01 Å². The zero-order chi connectivity index (χ0) is 15.0. The third-order valence-corrected chi connectivity index (χ3v) is 2.62. The predicted octanol–water partition coefficient (Wildman–Crippen LogP) is 2.43. The highest BCUT2D eigenvalue weighted by atomic mass is 16.5. The molecule has 1 rings (SSSR count). The smallest absolute Gasteiger partial charge is 0.332 e. The van der Waals surface area contributed by atoms with Gasteiger partial charge in [0.15, 0.2) is 0 Å². The number of esters is 1. The lowest BCUT2D eigenvalue weighted by atomic mass is 10.2. The lowest BCUT2D eigenvalue weighted by molar-refractivity contribution is -0.137. The van der Waals surface area contributed by atoms with Crippen LogP contribution >= 0.6 is 0 Å². The van der Waals surface area contributed by atoms with Crippen molar-refractivity contribution in [2.24, 2.45) is 5.10 Å². The molecule has 0 atom stereocenters. The number of rotatable bonds is 6. The molecule has 0 saturated heterocycles. The highest BCUT2D eigenvalue weighted by Gasteiger charge is 2.01. The summed E-state index contributed by atoms with van der Waals surface area (Å²) in [5, 5.41) is 5.87. The zero-order valence-electron chi connectivity index (χ0n) is 12.3. The summed E-state index contributed by atoms with van der Waals surface area (Å²) < 4.78 is 9.93. The van der Waals surface area contributed by atoms with E-state index < -0.39 is 0 Å². The average Bonchev–Trinajstić information content (AvgIpc) is 2.45. The number of carbonyl (C=O) groups excluding carboxylic acids is 1. The molecule has 0 radical (unpaired) electrons. The van der Waals surface area contributed by atoms with Gasteiger partial charge in [0.1, 0.15) is 5.75 Å². The molecule has 1 aromatic rings. The number of nitrogens with zero attached hydrogens (tertiary/aromatic N) is 2. The SMILES string of the molecule is CCOC(=O)/C=C(\C)N(C)N=Cc1ccc(OC)cc1. The molecule has 5 nitrogen and oxygen atoms in total. The quantitative estimate of drug-likeness (QED) is 0.346. The van der Waals surface area contributed by atoms with Gasteiger partial charge in [0.2, 0.25) is 0 Å². The third kappa shape index (κ3) is 5.14. The van der Waals surface area contributed by atoms with Crippen LogP contribution in [0.25, 0.3) is 0 Å². The highest BCUT2D eigenvalue weighted by molar-refractivity contribution is 5.82. The summed E-state index contributed by atoms with van der Waals surface area (Å²) in [6.45, 7) is 3.93. The van der Waals surface area contributed by atoms with Gasteiger partial charge in [-0.1, -0.05) is 0 Å². The van der Waals surface area contributed by atoms with Crippen molar-refractivity contribution in [3.05, 3.63) is 41.6 Å². The van der Waals surface area contributed by atoms with Crippen LogP contribution < -0.4 is 4.74 Å². The normalized spacial score (nSPS) is 11.5. The number of ether oxygens (including phenoxy) is 2. The summed E-state index contributed by atoms with van der Waals surface area (Å²) in [6, 6.07) is 7.53. The second-order valence-electron chi connectivity index (χ2n) is 4.08. The van der Waals surface area contributed by atoms with Gasteiger partial charge in [-0.25, -0.2) is 4.79 Å². The Morgan fingerprint density at radius 3 is 2.55 bits per heavy atom. The Kier molecular flexibility index (Phi) is 6.29. The van der Waals surface area contributed by atoms with Gasteiger partial charge in [-0.05, 0) is 43.7 Å². The molecule has 108 valence electrons. The number of allylic oxidation sites excluding steroid dienone is 1. The van der Waals surface area contributed by atoms with E-state index in [0.29, 0.717) is 12.3 Å². The van der Waals surface area contributed by atoms with Crippen LogP contribution in [-0.4, -0.2) is 38.0 Å². The number of hydrogen-bond acceptors (Lipinski definition) is 5. The van der Waals surface area contributed by atoms with Gasteiger partial charge in [-0.2, -0.15) is 5.10 Å². The van der Waals surface area contributed by atoms with E-state index >= 15 is 0 Å². The van der Waals surface area contributed by atoms with Gasteiger partial charge in [-0.15, -0.1) is 0 Å². The molecule has 0 saturated carbocycles. The van der Waals surface area contributed by atoms with Gasteiger partial charge in [0, 0.05) is 18.8 Å². The van der Waals surface area contributed by atoms with Crippen molar-refractivity contribution in [1.29, 1.82) is 0 Å². The molecule has 0 aromatic heterocycles. The molecule has 0 aliphatic carbocycles. The summed E-state index contributed by atoms with van der Waals surface area (Å²) in [5.74, 6) is 0.436. The first-order valence-electron chi connectivity index (χ1n) is 6.33. The van der Waals surface area contributed by atoms with Crippen LogP contribution in [0, 0.1) is 0 Å². The molecule has 0 N–H and O–H groups in total. The minimum Gasteiger partial charge on any atom is -0.497 e. The number of hydrazone groups is 1. The minimum atomic E-state index is -0.364. The van der Waals surface area contributed by atoms with Gasteiger partial charge in [0.05, 0.1) is 19.9 Å². The molecule has 5 heteroatoms. The van der Waals surface area contributed by atoms with Crippen LogP contribution in [-0.2, 0) is 9.53 Å². The molecule has 0 unspecified atom stereocenters. The average molecular weight is 276 g/mol. The van der Waals surface area contributed by atoms with Crippen LogP contribution in [0.2, 0.25) is 0 Å². The first-order chi connectivity index (χ1) is 9.56. The van der Waals surface area contributed by atoms with E-state index in [-0.39, 0.29) is 5.97 Å². The standard InChI is InChI=1S/C15H20N2O3/c1-5-20-15(18)10-12(2)17(3)16-11-13-6-8-14(19-4)9-7-13/h6-11H,5H2,1-4H3/b12-10+,16-11?. The van der Waals surface area contributed by atoms with Crippen LogP contribution in [0.1, 0.15) is 19.4 Å². The third-order valence-electron chi connectivity index (χ3n) is 2.62. The molecule has 0 amide bonds. The van der Waals surface area contributed by atoms with Gasteiger partial charge < -0.3 is 9.47 Å². The van der Waals surface area contributed by atoms with E-state index in [1.807, 2.05) is 24.3 Å². The van der Waals surface area contributed by atoms with Crippen molar-refractivity contribution in [2.45, 2.75) is 13.8 Å². The monoisotopic (exact) mass is 276 g/mol. The Morgan fingerprint density at radius 1 is 1.35 bits per heavy atom. The van der Waals surface area contributed by atoms with Crippen molar-refractivity contribution < 1.29 is 14.3 Å². The van der Waals surface area contributed by atoms with Crippen molar-refractivity contribution in [3.63, 3.8) is 0 Å². The van der Waals surface area contributed by atoms with E-state index in [2.05, 4.69) is 5.10 Å². The number of carbonyl (C=O) groups is 1. The first-order valence-corrected chi connectivity index (χ1v) is 6.33. The number of benzene rings is 1. The van der Waals surface area contributed by atoms with E-state index in [1.165, 1.54) is 6.08 Å². The Hall–Kier alpha value is -2.30. The lowest BCUT2D eigenvalue weighted by Crippen LogP contribution is -2.11. The molecule has 1 aromatic carbocycles. The summed E-state index contributed by atoms with van der Waals surface area (Å²) >= 11 is 0. The molecule has 0 spiro atoms. The van der Waals surface area contributed by atoms with E-state index in [9.17, 15) is 4.79 Å². The fraction of sp³-hybridized carbons (Fsp3) is 0.333. The molecule has 20 heavy (non-hydrogen) atoms. The van der Waals surface area contributed by atoms with E-state index in [0.717, 1.165) is 11.3 Å². The summed E-state index contributed by atoms with van der Waals surface area (Å²) in [5.41, 5.74) is 1.65. The largest absolute Gasteiger partial charge is 0.497 e. The molecule has 0 heterocycles. The predicted molar refractivity (Wildman–Crippen MR) is 78.7 cm³/mol. The van der Waals surface area contributed by atoms with Crippen molar-refractivity contribution >= 4 is 12.2 Å². The molecular formula is C15H20N2O3. The maximum atomic E-state index is 11.3. The molecule has 0 aliphatic rings. The second kappa shape index (κ2) is 7.99. The topological polar surface area (TPSA) is 51.1 Å². The number of methoxy groups -OCH3 is 1. The second-order valence-corrected chi connectivity index (χ2v) is 4.08. The van der Waals surface area contributed by atoms with Crippen LogP contribution in [0.15, 0.2) is 41.1 Å². The summed E-state index contributed by atoms with van der Waals surface area (Å²) in [4.78, 5) is 11.3. The molecule has 0 bridgehead atoms. The van der Waals surface area contributed by atoms with Crippen LogP contribution in [0.3, 0.4) is 0 Å². The summed E-state index contributed by atoms with van der Waals surface area (Å²) in [6.07, 6.45) is 3.12. The Balaban J connectivity index is 2.65. The van der Waals surface area contributed by atoms with Crippen molar-refractivity contribution in [2.75, 3.05) is 20.8 Å². The first kappa shape index (κ1) is 15.8. The fourth-order valence-electron chi connectivity index (χ4n) is 1.38. The molecule has 0 fully saturated rings. The maximum absolute atomic E-state index is 11.3. The van der Waals surface area contributed by atoms with Gasteiger partial charge in [0.25, 0.3) is 0 Å². The van der Waals surface area contributed by atoms with Crippen LogP contribution in [0.4, 0.5) is 0 Å². The zero-order valence-corrected chi connectivity index (χ0v) is 12.3. The maximum Gasteiger partial charge on any atom is 0.332 e. The Bertz CT molecular complexity index is 492. The van der Waals surface area contributed by atoms with E-state index in [4.69, 9.17) is 9.47 Å². The van der Waals surface area contributed by atoms with Crippen molar-refractivity contribution in [1.82, 2.24) is 5.01 Å².